The third-order valence-corrected chi connectivity index (χ3v) is 8.16. The highest BCUT2D eigenvalue weighted by molar-refractivity contribution is 8.18. The van der Waals surface area contributed by atoms with Gasteiger partial charge in [-0.1, -0.05) is 0 Å². The van der Waals surface area contributed by atoms with Crippen LogP contribution in [0.5, 0.6) is 0 Å². The highest BCUT2D eigenvalue weighted by atomic mass is 32.2. The van der Waals surface area contributed by atoms with E-state index in [1.165, 1.54) is 35.2 Å². The van der Waals surface area contributed by atoms with E-state index in [0.717, 1.165) is 9.83 Å². The summed E-state index contributed by atoms with van der Waals surface area (Å²) in [7, 11) is 0. The van der Waals surface area contributed by atoms with Crippen molar-refractivity contribution >= 4 is 47.0 Å². The predicted octanol–water partition coefficient (Wildman–Crippen LogP) is 3.03. The number of hydrogen-bond donors (Lipinski definition) is 0. The fourth-order valence-corrected chi connectivity index (χ4v) is 6.71. The van der Waals surface area contributed by atoms with E-state index in [4.69, 9.17) is 0 Å². The molecule has 0 amide bonds. The van der Waals surface area contributed by atoms with E-state index in [0.29, 0.717) is 0 Å². The molecule has 0 aromatic carbocycles. The maximum atomic E-state index is 2.20. The standard InChI is InChI=1S/C8H14S4/c1-2-11-8(1)12-6-7-5-9-3-4-10-7/h7-8H,1-6H2. The zero-order chi connectivity index (χ0) is 8.23. The summed E-state index contributed by atoms with van der Waals surface area (Å²) in [6.07, 6.45) is 1.46. The lowest BCUT2D eigenvalue weighted by Gasteiger charge is -2.27. The molecule has 2 heterocycles. The van der Waals surface area contributed by atoms with Gasteiger partial charge in [-0.05, 0) is 12.2 Å². The molecule has 0 saturated carbocycles. The van der Waals surface area contributed by atoms with Crippen LogP contribution < -0.4 is 0 Å². The molecule has 0 N–H and O–H groups in total. The van der Waals surface area contributed by atoms with E-state index in [1.54, 1.807) is 0 Å². The first-order valence-electron chi connectivity index (χ1n) is 4.38. The van der Waals surface area contributed by atoms with Gasteiger partial charge in [0.05, 0.1) is 4.58 Å². The van der Waals surface area contributed by atoms with Crippen molar-refractivity contribution in [2.75, 3.05) is 28.8 Å². The van der Waals surface area contributed by atoms with Crippen molar-refractivity contribution in [2.45, 2.75) is 16.3 Å². The van der Waals surface area contributed by atoms with Crippen molar-refractivity contribution < 1.29 is 0 Å². The van der Waals surface area contributed by atoms with Crippen LogP contribution in [-0.4, -0.2) is 38.6 Å². The zero-order valence-electron chi connectivity index (χ0n) is 7.03. The van der Waals surface area contributed by atoms with Gasteiger partial charge in [-0.2, -0.15) is 23.5 Å². The molecule has 0 spiro atoms. The lowest BCUT2D eigenvalue weighted by atomic mass is 10.5. The van der Waals surface area contributed by atoms with Gasteiger partial charge in [0.2, 0.25) is 0 Å². The van der Waals surface area contributed by atoms with Gasteiger partial charge >= 0.3 is 0 Å². The molecular formula is C8H14S4. The molecule has 70 valence electrons. The van der Waals surface area contributed by atoms with Crippen molar-refractivity contribution in [1.29, 1.82) is 0 Å². The summed E-state index contributed by atoms with van der Waals surface area (Å²) in [5.74, 6) is 6.96. The quantitative estimate of drug-likeness (QED) is 0.741. The molecule has 0 aliphatic carbocycles. The second-order valence-corrected chi connectivity index (χ2v) is 8.39. The van der Waals surface area contributed by atoms with Crippen LogP contribution in [0.25, 0.3) is 0 Å². The lowest BCUT2D eigenvalue weighted by molar-refractivity contribution is 1.00. The number of hydrogen-bond acceptors (Lipinski definition) is 4. The molecule has 2 rings (SSSR count). The Labute approximate surface area is 91.8 Å². The predicted molar refractivity (Wildman–Crippen MR) is 66.9 cm³/mol. The first-order valence-corrected chi connectivity index (χ1v) is 8.68. The van der Waals surface area contributed by atoms with Crippen molar-refractivity contribution in [3.05, 3.63) is 0 Å². The van der Waals surface area contributed by atoms with Crippen LogP contribution in [0.2, 0.25) is 0 Å². The SMILES string of the molecule is C1CSC(CSC2CCS2)CS1. The molecule has 4 heteroatoms. The third kappa shape index (κ3) is 2.96. The monoisotopic (exact) mass is 238 g/mol. The molecular weight excluding hydrogens is 224 g/mol. The Morgan fingerprint density at radius 1 is 1.17 bits per heavy atom. The maximum absolute atomic E-state index is 2.20. The average molecular weight is 238 g/mol. The molecule has 0 aromatic heterocycles. The minimum Gasteiger partial charge on any atom is -0.160 e. The third-order valence-electron chi connectivity index (χ3n) is 2.01. The summed E-state index contributed by atoms with van der Waals surface area (Å²) in [4.78, 5) is 0. The molecule has 0 aromatic rings. The van der Waals surface area contributed by atoms with Gasteiger partial charge in [0.15, 0.2) is 0 Å². The number of thioether (sulfide) groups is 4. The normalized spacial score (nSPS) is 36.0. The topological polar surface area (TPSA) is 0 Å². The summed E-state index contributed by atoms with van der Waals surface area (Å²) >= 11 is 8.67. The van der Waals surface area contributed by atoms with Gasteiger partial charge in [0.25, 0.3) is 0 Å². The summed E-state index contributed by atoms with van der Waals surface area (Å²) in [5, 5.41) is 0.954. The molecule has 0 nitrogen and oxygen atoms in total. The minimum atomic E-state index is 0.954. The first-order chi connectivity index (χ1) is 5.95. The van der Waals surface area contributed by atoms with Gasteiger partial charge in [0.1, 0.15) is 0 Å². The van der Waals surface area contributed by atoms with Gasteiger partial charge in [0, 0.05) is 28.3 Å². The Bertz CT molecular complexity index is 129. The highest BCUT2D eigenvalue weighted by Gasteiger charge is 2.21. The Balaban J connectivity index is 1.58. The first kappa shape index (κ1) is 9.94. The van der Waals surface area contributed by atoms with E-state index in [9.17, 15) is 0 Å². The van der Waals surface area contributed by atoms with Crippen molar-refractivity contribution in [1.82, 2.24) is 0 Å². The molecule has 2 atom stereocenters. The molecule has 12 heavy (non-hydrogen) atoms. The van der Waals surface area contributed by atoms with E-state index in [1.807, 2.05) is 0 Å². The van der Waals surface area contributed by atoms with Gasteiger partial charge in [-0.3, -0.25) is 0 Å². The Hall–Kier alpha value is 1.40. The van der Waals surface area contributed by atoms with Crippen LogP contribution in [0.1, 0.15) is 6.42 Å². The van der Waals surface area contributed by atoms with Crippen LogP contribution >= 0.6 is 47.0 Å². The summed E-state index contributed by atoms with van der Waals surface area (Å²) in [6, 6.07) is 0. The lowest BCUT2D eigenvalue weighted by Crippen LogP contribution is -2.20. The maximum Gasteiger partial charge on any atom is 0.0510 e. The van der Waals surface area contributed by atoms with Crippen molar-refractivity contribution in [3.8, 4) is 0 Å². The van der Waals surface area contributed by atoms with E-state index in [-0.39, 0.29) is 0 Å². The second kappa shape index (κ2) is 5.32. The van der Waals surface area contributed by atoms with E-state index >= 15 is 0 Å². The van der Waals surface area contributed by atoms with E-state index in [2.05, 4.69) is 47.0 Å². The Kier molecular flexibility index (Phi) is 4.41. The molecule has 2 saturated heterocycles. The second-order valence-electron chi connectivity index (χ2n) is 2.99. The summed E-state index contributed by atoms with van der Waals surface area (Å²) < 4.78 is 0.956. The summed E-state index contributed by atoms with van der Waals surface area (Å²) in [6.45, 7) is 0. The van der Waals surface area contributed by atoms with Crippen LogP contribution in [0, 0.1) is 0 Å². The average Bonchev–Trinajstić information content (AvgIpc) is 2.04. The Morgan fingerprint density at radius 3 is 2.67 bits per heavy atom. The fourth-order valence-electron chi connectivity index (χ4n) is 1.19. The molecule has 0 radical (unpaired) electrons. The van der Waals surface area contributed by atoms with Crippen molar-refractivity contribution in [3.63, 3.8) is 0 Å². The molecule has 2 fully saturated rings. The van der Waals surface area contributed by atoms with Crippen LogP contribution in [0.15, 0.2) is 0 Å². The van der Waals surface area contributed by atoms with Gasteiger partial charge < -0.3 is 0 Å². The smallest absolute Gasteiger partial charge is 0.0510 e. The molecule has 2 aliphatic rings. The zero-order valence-corrected chi connectivity index (χ0v) is 10.3. The van der Waals surface area contributed by atoms with Crippen LogP contribution in [0.3, 0.4) is 0 Å². The number of rotatable bonds is 3. The van der Waals surface area contributed by atoms with E-state index < -0.39 is 0 Å². The van der Waals surface area contributed by atoms with Crippen LogP contribution in [0.4, 0.5) is 0 Å². The molecule has 2 aliphatic heterocycles. The highest BCUT2D eigenvalue weighted by Crippen LogP contribution is 2.39. The molecule has 2 unspecified atom stereocenters. The minimum absolute atomic E-state index is 0.954. The Morgan fingerprint density at radius 2 is 2.08 bits per heavy atom. The van der Waals surface area contributed by atoms with Crippen LogP contribution in [-0.2, 0) is 0 Å². The largest absolute Gasteiger partial charge is 0.160 e. The molecule has 0 bridgehead atoms. The fraction of sp³-hybridized carbons (Fsp3) is 1.00. The van der Waals surface area contributed by atoms with Gasteiger partial charge in [-0.25, -0.2) is 0 Å². The summed E-state index contributed by atoms with van der Waals surface area (Å²) in [5.41, 5.74) is 0. The van der Waals surface area contributed by atoms with Gasteiger partial charge in [-0.15, -0.1) is 23.5 Å². The van der Waals surface area contributed by atoms with Crippen molar-refractivity contribution in [2.24, 2.45) is 0 Å².